The van der Waals surface area contributed by atoms with E-state index in [0.717, 1.165) is 0 Å². The molecule has 2 amide bonds. The second-order valence-corrected chi connectivity index (χ2v) is 6.66. The standard InChI is InChI=1S/C21H21ClN2O5/c1-4-28-18-10-13(9-15(22)20(18)27-3)5-8-19(25)23-14-6-7-17-16(11-14)24-21(26)12(2)29-17/h5-12H,4H2,1-3H3,(H,23,25)(H,24,26)/b8-5+/t12-/m0/s1. The van der Waals surface area contributed by atoms with Crippen LogP contribution in [0.3, 0.4) is 0 Å². The molecule has 2 aromatic rings. The first-order valence-corrected chi connectivity index (χ1v) is 9.40. The molecule has 152 valence electrons. The molecule has 0 saturated heterocycles. The zero-order valence-corrected chi connectivity index (χ0v) is 17.0. The van der Waals surface area contributed by atoms with Gasteiger partial charge in [0.1, 0.15) is 5.75 Å². The van der Waals surface area contributed by atoms with Gasteiger partial charge in [-0.05, 0) is 55.8 Å². The number of anilines is 2. The van der Waals surface area contributed by atoms with Crippen LogP contribution in [0.1, 0.15) is 19.4 Å². The monoisotopic (exact) mass is 416 g/mol. The van der Waals surface area contributed by atoms with Gasteiger partial charge in [0.25, 0.3) is 5.91 Å². The van der Waals surface area contributed by atoms with Gasteiger partial charge in [-0.25, -0.2) is 0 Å². The Hall–Kier alpha value is -3.19. The third kappa shape index (κ3) is 4.81. The van der Waals surface area contributed by atoms with Crippen molar-refractivity contribution in [2.75, 3.05) is 24.4 Å². The van der Waals surface area contributed by atoms with Crippen molar-refractivity contribution in [2.24, 2.45) is 0 Å². The van der Waals surface area contributed by atoms with Crippen molar-refractivity contribution in [1.29, 1.82) is 0 Å². The number of nitrogens with one attached hydrogen (secondary N) is 2. The van der Waals surface area contributed by atoms with Gasteiger partial charge in [0.05, 0.1) is 24.4 Å². The first-order valence-electron chi connectivity index (χ1n) is 9.02. The van der Waals surface area contributed by atoms with Gasteiger partial charge in [-0.15, -0.1) is 0 Å². The molecular formula is C21H21ClN2O5. The maximum Gasteiger partial charge on any atom is 0.265 e. The molecule has 0 aliphatic carbocycles. The molecule has 1 heterocycles. The second kappa shape index (κ2) is 8.87. The van der Waals surface area contributed by atoms with Gasteiger partial charge in [-0.2, -0.15) is 0 Å². The van der Waals surface area contributed by atoms with Crippen LogP contribution in [-0.2, 0) is 9.59 Å². The van der Waals surface area contributed by atoms with Gasteiger partial charge in [-0.3, -0.25) is 9.59 Å². The molecule has 29 heavy (non-hydrogen) atoms. The molecule has 8 heteroatoms. The number of ether oxygens (including phenoxy) is 3. The van der Waals surface area contributed by atoms with Crippen LogP contribution in [0.2, 0.25) is 5.02 Å². The first-order chi connectivity index (χ1) is 13.9. The minimum Gasteiger partial charge on any atom is -0.491 e. The number of amides is 2. The number of fused-ring (bicyclic) bond motifs is 1. The molecule has 0 spiro atoms. The summed E-state index contributed by atoms with van der Waals surface area (Å²) < 4.78 is 16.3. The molecule has 1 atom stereocenters. The minimum absolute atomic E-state index is 0.234. The fourth-order valence-electron chi connectivity index (χ4n) is 2.79. The van der Waals surface area contributed by atoms with Crippen LogP contribution in [0, 0.1) is 0 Å². The molecule has 7 nitrogen and oxygen atoms in total. The zero-order chi connectivity index (χ0) is 21.0. The number of methoxy groups -OCH3 is 1. The van der Waals surface area contributed by atoms with Crippen molar-refractivity contribution >= 4 is 40.9 Å². The van der Waals surface area contributed by atoms with Gasteiger partial charge in [-0.1, -0.05) is 11.6 Å². The van der Waals surface area contributed by atoms with Gasteiger partial charge < -0.3 is 24.8 Å². The Balaban J connectivity index is 1.72. The van der Waals surface area contributed by atoms with E-state index >= 15 is 0 Å². The van der Waals surface area contributed by atoms with E-state index in [2.05, 4.69) is 10.6 Å². The van der Waals surface area contributed by atoms with Crippen LogP contribution in [-0.4, -0.2) is 31.6 Å². The predicted molar refractivity (Wildman–Crippen MR) is 112 cm³/mol. The van der Waals surface area contributed by atoms with E-state index in [1.165, 1.54) is 13.2 Å². The van der Waals surface area contributed by atoms with Crippen molar-refractivity contribution in [2.45, 2.75) is 20.0 Å². The molecular weight excluding hydrogens is 396 g/mol. The lowest BCUT2D eigenvalue weighted by molar-refractivity contribution is -0.122. The molecule has 0 radical (unpaired) electrons. The zero-order valence-electron chi connectivity index (χ0n) is 16.2. The number of halogens is 1. The summed E-state index contributed by atoms with van der Waals surface area (Å²) >= 11 is 6.22. The van der Waals surface area contributed by atoms with Crippen molar-refractivity contribution < 1.29 is 23.8 Å². The average Bonchev–Trinajstić information content (AvgIpc) is 2.68. The van der Waals surface area contributed by atoms with E-state index in [9.17, 15) is 9.59 Å². The number of hydrogen-bond acceptors (Lipinski definition) is 5. The Morgan fingerprint density at radius 1 is 1.34 bits per heavy atom. The maximum absolute atomic E-state index is 12.3. The number of carbonyl (C=O) groups excluding carboxylic acids is 2. The minimum atomic E-state index is -0.552. The van der Waals surface area contributed by atoms with Gasteiger partial charge >= 0.3 is 0 Å². The molecule has 0 fully saturated rings. The van der Waals surface area contributed by atoms with E-state index < -0.39 is 6.10 Å². The topological polar surface area (TPSA) is 85.9 Å². The van der Waals surface area contributed by atoms with Crippen LogP contribution in [0.4, 0.5) is 11.4 Å². The Morgan fingerprint density at radius 3 is 2.86 bits per heavy atom. The Morgan fingerprint density at radius 2 is 2.14 bits per heavy atom. The second-order valence-electron chi connectivity index (χ2n) is 6.25. The Labute approximate surface area is 173 Å². The molecule has 1 aliphatic heterocycles. The number of rotatable bonds is 6. The summed E-state index contributed by atoms with van der Waals surface area (Å²) in [5.41, 5.74) is 1.73. The third-order valence-electron chi connectivity index (χ3n) is 4.14. The van der Waals surface area contributed by atoms with E-state index in [0.29, 0.717) is 45.8 Å². The summed E-state index contributed by atoms with van der Waals surface area (Å²) in [7, 11) is 1.51. The van der Waals surface area contributed by atoms with Crippen molar-refractivity contribution in [3.63, 3.8) is 0 Å². The van der Waals surface area contributed by atoms with Crippen molar-refractivity contribution in [1.82, 2.24) is 0 Å². The van der Waals surface area contributed by atoms with Crippen LogP contribution in [0.25, 0.3) is 6.08 Å². The summed E-state index contributed by atoms with van der Waals surface area (Å²) in [4.78, 5) is 24.0. The lowest BCUT2D eigenvalue weighted by Crippen LogP contribution is -2.34. The quantitative estimate of drug-likeness (QED) is 0.692. The third-order valence-corrected chi connectivity index (χ3v) is 4.42. The number of hydrogen-bond donors (Lipinski definition) is 2. The highest BCUT2D eigenvalue weighted by atomic mass is 35.5. The summed E-state index contributed by atoms with van der Waals surface area (Å²) in [6, 6.07) is 8.46. The molecule has 0 bridgehead atoms. The summed E-state index contributed by atoms with van der Waals surface area (Å²) in [5, 5.41) is 5.87. The molecule has 3 rings (SSSR count). The van der Waals surface area contributed by atoms with Crippen molar-refractivity contribution in [3.05, 3.63) is 47.0 Å². The normalized spacial score (nSPS) is 15.3. The summed E-state index contributed by atoms with van der Waals surface area (Å²) in [6.45, 7) is 3.98. The highest BCUT2D eigenvalue weighted by Crippen LogP contribution is 2.36. The lowest BCUT2D eigenvalue weighted by atomic mass is 10.1. The number of carbonyl (C=O) groups is 2. The number of benzene rings is 2. The molecule has 0 aromatic heterocycles. The predicted octanol–water partition coefficient (Wildman–Crippen LogP) is 4.12. The van der Waals surface area contributed by atoms with E-state index in [-0.39, 0.29) is 11.8 Å². The van der Waals surface area contributed by atoms with Crippen LogP contribution >= 0.6 is 11.6 Å². The molecule has 1 aliphatic rings. The average molecular weight is 417 g/mol. The van der Waals surface area contributed by atoms with E-state index in [4.69, 9.17) is 25.8 Å². The van der Waals surface area contributed by atoms with Crippen LogP contribution < -0.4 is 24.8 Å². The highest BCUT2D eigenvalue weighted by molar-refractivity contribution is 6.32. The first kappa shape index (κ1) is 20.5. The molecule has 2 aromatic carbocycles. The van der Waals surface area contributed by atoms with Crippen LogP contribution in [0.5, 0.6) is 17.2 Å². The SMILES string of the molecule is CCOc1cc(/C=C/C(=O)Nc2ccc3c(c2)NC(=O)[C@H](C)O3)cc(Cl)c1OC. The van der Waals surface area contributed by atoms with Crippen molar-refractivity contribution in [3.8, 4) is 17.2 Å². The molecule has 0 saturated carbocycles. The Kier molecular flexibility index (Phi) is 6.29. The molecule has 0 unspecified atom stereocenters. The summed E-state index contributed by atoms with van der Waals surface area (Å²) in [6.07, 6.45) is 2.45. The highest BCUT2D eigenvalue weighted by Gasteiger charge is 2.23. The fourth-order valence-corrected chi connectivity index (χ4v) is 3.08. The van der Waals surface area contributed by atoms with Crippen LogP contribution in [0.15, 0.2) is 36.4 Å². The Bertz CT molecular complexity index is 974. The lowest BCUT2D eigenvalue weighted by Gasteiger charge is -2.23. The van der Waals surface area contributed by atoms with Gasteiger partial charge in [0, 0.05) is 11.8 Å². The van der Waals surface area contributed by atoms with E-state index in [1.54, 1.807) is 43.3 Å². The summed E-state index contributed by atoms with van der Waals surface area (Å²) in [5.74, 6) is 0.931. The van der Waals surface area contributed by atoms with Gasteiger partial charge in [0.15, 0.2) is 17.6 Å². The fraction of sp³-hybridized carbons (Fsp3) is 0.238. The molecule has 2 N–H and O–H groups in total. The smallest absolute Gasteiger partial charge is 0.265 e. The maximum atomic E-state index is 12.3. The van der Waals surface area contributed by atoms with Gasteiger partial charge in [0.2, 0.25) is 5.91 Å². The van der Waals surface area contributed by atoms with E-state index in [1.807, 2.05) is 6.92 Å². The largest absolute Gasteiger partial charge is 0.491 e.